The van der Waals surface area contributed by atoms with Gasteiger partial charge in [0.25, 0.3) is 5.91 Å². The summed E-state index contributed by atoms with van der Waals surface area (Å²) in [4.78, 5) is 19.5. The van der Waals surface area contributed by atoms with Crippen LogP contribution in [0.25, 0.3) is 16.7 Å². The highest BCUT2D eigenvalue weighted by Crippen LogP contribution is 2.28. The molecule has 3 aromatic rings. The molecule has 5 nitrogen and oxygen atoms in total. The SMILES string of the molecule is Cl.Cl.O=C(c1ccc(-n2cnc3ccccc32)cc1)N1CC[C@@H]2CNC[C@@H]2CC1. The maximum Gasteiger partial charge on any atom is 0.253 e. The average molecular weight is 433 g/mol. The fourth-order valence-corrected chi connectivity index (χ4v) is 4.53. The van der Waals surface area contributed by atoms with Crippen LogP contribution < -0.4 is 5.32 Å². The lowest BCUT2D eigenvalue weighted by Gasteiger charge is -2.21. The van der Waals surface area contributed by atoms with Gasteiger partial charge in [0.2, 0.25) is 0 Å². The Morgan fingerprint density at radius 2 is 1.59 bits per heavy atom. The molecule has 0 bridgehead atoms. The number of carbonyl (C=O) groups is 1. The third-order valence-corrected chi connectivity index (χ3v) is 6.15. The first-order valence-corrected chi connectivity index (χ1v) is 9.82. The lowest BCUT2D eigenvalue weighted by molar-refractivity contribution is 0.0758. The van der Waals surface area contributed by atoms with Gasteiger partial charge in [-0.05, 0) is 74.2 Å². The van der Waals surface area contributed by atoms with Crippen molar-refractivity contribution in [2.24, 2.45) is 11.8 Å². The molecule has 1 N–H and O–H groups in total. The van der Waals surface area contributed by atoms with E-state index in [2.05, 4.69) is 20.9 Å². The molecule has 0 radical (unpaired) electrons. The number of carbonyl (C=O) groups excluding carboxylic acids is 1. The van der Waals surface area contributed by atoms with Crippen LogP contribution in [0.15, 0.2) is 54.9 Å². The summed E-state index contributed by atoms with van der Waals surface area (Å²) in [5, 5.41) is 3.49. The Morgan fingerprint density at radius 3 is 2.28 bits per heavy atom. The number of fused-ring (bicyclic) bond motifs is 2. The minimum atomic E-state index is 0. The van der Waals surface area contributed by atoms with E-state index in [9.17, 15) is 4.79 Å². The van der Waals surface area contributed by atoms with Gasteiger partial charge in [0, 0.05) is 24.3 Å². The molecule has 2 aliphatic rings. The van der Waals surface area contributed by atoms with Crippen molar-refractivity contribution in [3.8, 4) is 5.69 Å². The summed E-state index contributed by atoms with van der Waals surface area (Å²) >= 11 is 0. The van der Waals surface area contributed by atoms with Gasteiger partial charge in [-0.15, -0.1) is 24.8 Å². The highest BCUT2D eigenvalue weighted by atomic mass is 35.5. The molecule has 2 atom stereocenters. The lowest BCUT2D eigenvalue weighted by atomic mass is 9.92. The molecule has 1 aromatic heterocycles. The second kappa shape index (κ2) is 9.16. The van der Waals surface area contributed by atoms with Gasteiger partial charge in [-0.25, -0.2) is 4.98 Å². The van der Waals surface area contributed by atoms with E-state index in [0.29, 0.717) is 0 Å². The lowest BCUT2D eigenvalue weighted by Crippen LogP contribution is -2.32. The molecule has 0 saturated carbocycles. The number of para-hydroxylation sites is 2. The third kappa shape index (κ3) is 4.13. The van der Waals surface area contributed by atoms with Crippen LogP contribution in [0.4, 0.5) is 0 Å². The van der Waals surface area contributed by atoms with E-state index >= 15 is 0 Å². The smallest absolute Gasteiger partial charge is 0.253 e. The second-order valence-corrected chi connectivity index (χ2v) is 7.70. The first-order chi connectivity index (χ1) is 13.3. The van der Waals surface area contributed by atoms with Crippen molar-refractivity contribution in [2.75, 3.05) is 26.2 Å². The minimum Gasteiger partial charge on any atom is -0.339 e. The van der Waals surface area contributed by atoms with Gasteiger partial charge in [0.15, 0.2) is 0 Å². The van der Waals surface area contributed by atoms with E-state index in [1.165, 1.54) is 0 Å². The van der Waals surface area contributed by atoms with Crippen LogP contribution in [-0.4, -0.2) is 46.5 Å². The minimum absolute atomic E-state index is 0. The number of amides is 1. The number of likely N-dealkylation sites (tertiary alicyclic amines) is 1. The highest BCUT2D eigenvalue weighted by Gasteiger charge is 2.31. The van der Waals surface area contributed by atoms with Crippen LogP contribution in [0.2, 0.25) is 0 Å². The Morgan fingerprint density at radius 1 is 0.931 bits per heavy atom. The van der Waals surface area contributed by atoms with Gasteiger partial charge in [-0.3, -0.25) is 9.36 Å². The summed E-state index contributed by atoms with van der Waals surface area (Å²) in [7, 11) is 0. The van der Waals surface area contributed by atoms with Crippen molar-refractivity contribution in [3.05, 3.63) is 60.4 Å². The van der Waals surface area contributed by atoms with Gasteiger partial charge in [0.1, 0.15) is 6.33 Å². The molecule has 2 fully saturated rings. The van der Waals surface area contributed by atoms with E-state index in [4.69, 9.17) is 0 Å². The van der Waals surface area contributed by atoms with Crippen molar-refractivity contribution in [2.45, 2.75) is 12.8 Å². The number of aromatic nitrogens is 2. The molecule has 0 aliphatic carbocycles. The highest BCUT2D eigenvalue weighted by molar-refractivity contribution is 5.94. The van der Waals surface area contributed by atoms with E-state index in [1.807, 2.05) is 53.7 Å². The van der Waals surface area contributed by atoms with Crippen LogP contribution in [0.5, 0.6) is 0 Å². The fraction of sp³-hybridized carbons (Fsp3) is 0.364. The zero-order chi connectivity index (χ0) is 18.2. The molecule has 0 spiro atoms. The summed E-state index contributed by atoms with van der Waals surface area (Å²) < 4.78 is 2.06. The quantitative estimate of drug-likeness (QED) is 0.666. The van der Waals surface area contributed by atoms with E-state index in [0.717, 1.165) is 73.1 Å². The van der Waals surface area contributed by atoms with Gasteiger partial charge in [-0.1, -0.05) is 12.1 Å². The van der Waals surface area contributed by atoms with Crippen LogP contribution in [-0.2, 0) is 0 Å². The Labute approximate surface area is 183 Å². The molecule has 7 heteroatoms. The summed E-state index contributed by atoms with van der Waals surface area (Å²) in [6.45, 7) is 3.96. The fourth-order valence-electron chi connectivity index (χ4n) is 4.53. The first-order valence-electron chi connectivity index (χ1n) is 9.82. The summed E-state index contributed by atoms with van der Waals surface area (Å²) in [6, 6.07) is 16.0. The predicted octanol–water partition coefficient (Wildman–Crippen LogP) is 3.94. The maximum atomic E-state index is 13.0. The standard InChI is InChI=1S/C22H24N4O.2ClH/c27-22(25-11-9-17-13-23-14-18(17)10-12-25)16-5-7-19(8-6-16)26-15-24-20-3-1-2-4-21(20)26;;/h1-8,15,17-18,23H,9-14H2;2*1H/t17-,18+;;. The molecule has 154 valence electrons. The molecular weight excluding hydrogens is 407 g/mol. The van der Waals surface area contributed by atoms with Crippen LogP contribution >= 0.6 is 24.8 Å². The molecule has 2 aliphatic heterocycles. The molecule has 2 saturated heterocycles. The number of hydrogen-bond acceptors (Lipinski definition) is 3. The normalized spacial score (nSPS) is 21.0. The molecule has 1 amide bonds. The van der Waals surface area contributed by atoms with Crippen molar-refractivity contribution < 1.29 is 4.79 Å². The largest absolute Gasteiger partial charge is 0.339 e. The molecule has 5 rings (SSSR count). The predicted molar refractivity (Wildman–Crippen MR) is 121 cm³/mol. The zero-order valence-corrected chi connectivity index (χ0v) is 17.8. The first kappa shape index (κ1) is 21.6. The molecular formula is C22H26Cl2N4O. The monoisotopic (exact) mass is 432 g/mol. The van der Waals surface area contributed by atoms with Crippen molar-refractivity contribution in [1.29, 1.82) is 0 Å². The van der Waals surface area contributed by atoms with E-state index in [-0.39, 0.29) is 30.7 Å². The summed E-state index contributed by atoms with van der Waals surface area (Å²) in [5.41, 5.74) is 3.84. The van der Waals surface area contributed by atoms with Crippen LogP contribution in [0, 0.1) is 11.8 Å². The molecule has 0 unspecified atom stereocenters. The number of nitrogens with one attached hydrogen (secondary N) is 1. The van der Waals surface area contributed by atoms with E-state index < -0.39 is 0 Å². The molecule has 3 heterocycles. The van der Waals surface area contributed by atoms with Crippen molar-refractivity contribution in [1.82, 2.24) is 19.8 Å². The van der Waals surface area contributed by atoms with Gasteiger partial charge >= 0.3 is 0 Å². The van der Waals surface area contributed by atoms with E-state index in [1.54, 1.807) is 0 Å². The Kier molecular flexibility index (Phi) is 6.83. The second-order valence-electron chi connectivity index (χ2n) is 7.70. The third-order valence-electron chi connectivity index (χ3n) is 6.15. The number of rotatable bonds is 2. The van der Waals surface area contributed by atoms with Crippen molar-refractivity contribution >= 4 is 41.8 Å². The van der Waals surface area contributed by atoms with Crippen LogP contribution in [0.1, 0.15) is 23.2 Å². The Hall–Kier alpha value is -2.08. The van der Waals surface area contributed by atoms with Crippen molar-refractivity contribution in [3.63, 3.8) is 0 Å². The number of hydrogen-bond donors (Lipinski definition) is 1. The van der Waals surface area contributed by atoms with Crippen LogP contribution in [0.3, 0.4) is 0 Å². The molecule has 2 aromatic carbocycles. The number of benzene rings is 2. The van der Waals surface area contributed by atoms with Gasteiger partial charge in [-0.2, -0.15) is 0 Å². The topological polar surface area (TPSA) is 50.2 Å². The maximum absolute atomic E-state index is 13.0. The van der Waals surface area contributed by atoms with Gasteiger partial charge in [0.05, 0.1) is 11.0 Å². The number of imidazole rings is 1. The number of halogens is 2. The number of nitrogens with zero attached hydrogens (tertiary/aromatic N) is 3. The summed E-state index contributed by atoms with van der Waals surface area (Å²) in [6.07, 6.45) is 4.06. The summed E-state index contributed by atoms with van der Waals surface area (Å²) in [5.74, 6) is 1.63. The Bertz CT molecular complexity index is 958. The Balaban J connectivity index is 0.00000120. The average Bonchev–Trinajstić information content (AvgIpc) is 3.30. The van der Waals surface area contributed by atoms with Gasteiger partial charge < -0.3 is 10.2 Å². The zero-order valence-electron chi connectivity index (χ0n) is 16.2. The molecule has 29 heavy (non-hydrogen) atoms.